The van der Waals surface area contributed by atoms with Gasteiger partial charge in [0.2, 0.25) is 0 Å². The molecule has 0 radical (unpaired) electrons. The summed E-state index contributed by atoms with van der Waals surface area (Å²) in [6.07, 6.45) is 8.99. The highest BCUT2D eigenvalue weighted by atomic mass is 16.6. The van der Waals surface area contributed by atoms with Gasteiger partial charge in [-0.3, -0.25) is 14.9 Å². The zero-order valence-electron chi connectivity index (χ0n) is 17.9. The molecule has 0 aliphatic rings. The van der Waals surface area contributed by atoms with Crippen LogP contribution in [0.2, 0.25) is 0 Å². The van der Waals surface area contributed by atoms with E-state index in [4.69, 9.17) is 20.3 Å². The summed E-state index contributed by atoms with van der Waals surface area (Å²) in [6.45, 7) is 6.12. The molecule has 2 aromatic carbocycles. The molecule has 1 heterocycles. The normalized spacial score (nSPS) is 10.7. The van der Waals surface area contributed by atoms with Crippen molar-refractivity contribution in [3.63, 3.8) is 0 Å². The Labute approximate surface area is 189 Å². The average molecular weight is 447 g/mol. The Hall–Kier alpha value is -4.58. The number of terminal acetylenes is 1. The van der Waals surface area contributed by atoms with Crippen molar-refractivity contribution < 1.29 is 23.6 Å². The molecule has 168 valence electrons. The Bertz CT molecular complexity index is 1270. The highest BCUT2D eigenvalue weighted by Gasteiger charge is 2.15. The topological polar surface area (TPSA) is 116 Å². The molecule has 0 spiro atoms. The Morgan fingerprint density at radius 3 is 2.85 bits per heavy atom. The van der Waals surface area contributed by atoms with Crippen LogP contribution in [-0.2, 0) is 6.42 Å². The third kappa shape index (κ3) is 5.57. The number of carbonyl (C=O) groups excluding carboxylic acids is 1. The monoisotopic (exact) mass is 447 g/mol. The maximum Gasteiger partial charge on any atom is 0.307 e. The Morgan fingerprint density at radius 1 is 1.33 bits per heavy atom. The maximum atomic E-state index is 12.4. The summed E-state index contributed by atoms with van der Waals surface area (Å²) in [5.74, 6) is 2.84. The number of allylic oxidation sites excluding steroid dienone is 1. The van der Waals surface area contributed by atoms with Crippen LogP contribution in [0.5, 0.6) is 11.5 Å². The van der Waals surface area contributed by atoms with Crippen molar-refractivity contribution in [3.05, 3.63) is 76.1 Å². The fourth-order valence-corrected chi connectivity index (χ4v) is 3.08. The molecule has 3 aromatic rings. The predicted molar refractivity (Wildman–Crippen MR) is 124 cm³/mol. The van der Waals surface area contributed by atoms with Crippen LogP contribution in [0.3, 0.4) is 0 Å². The van der Waals surface area contributed by atoms with Gasteiger partial charge >= 0.3 is 5.91 Å². The lowest BCUT2D eigenvalue weighted by Gasteiger charge is -2.15. The molecule has 9 nitrogen and oxygen atoms in total. The van der Waals surface area contributed by atoms with Crippen molar-refractivity contribution in [2.24, 2.45) is 5.10 Å². The summed E-state index contributed by atoms with van der Waals surface area (Å²) >= 11 is 0. The highest BCUT2D eigenvalue weighted by Crippen LogP contribution is 2.33. The summed E-state index contributed by atoms with van der Waals surface area (Å²) in [5, 5.41) is 15.3. The summed E-state index contributed by atoms with van der Waals surface area (Å²) in [7, 11) is 0. The standard InChI is InChI=1S/C24H21N3O6/c1-4-7-17-11-16(12-21(31-6-3)23(17)32-10-5-2)15-25-26-24(28)22-14-18-13-19(27(29)30)8-9-20(18)33-22/h2,4,8-9,11-15H,1,6-7,10H2,3H3,(H,26,28). The minimum absolute atomic E-state index is 0.0250. The number of benzene rings is 2. The molecular weight excluding hydrogens is 426 g/mol. The molecule has 0 aliphatic heterocycles. The molecule has 3 rings (SSSR count). The molecule has 0 bridgehead atoms. The lowest BCUT2D eigenvalue weighted by atomic mass is 10.1. The van der Waals surface area contributed by atoms with Crippen LogP contribution < -0.4 is 14.9 Å². The molecule has 1 N–H and O–H groups in total. The molecule has 1 aromatic heterocycles. The van der Waals surface area contributed by atoms with Crippen LogP contribution >= 0.6 is 0 Å². The SMILES string of the molecule is C#CCOc1c(CC=C)cc(C=NNC(=O)c2cc3cc([N+](=O)[O-])ccc3o2)cc1OCC. The molecule has 0 saturated heterocycles. The second kappa shape index (κ2) is 10.6. The number of amides is 1. The van der Waals surface area contributed by atoms with Crippen molar-refractivity contribution in [3.8, 4) is 23.8 Å². The Balaban J connectivity index is 1.80. The number of non-ortho nitro benzene ring substituents is 1. The lowest BCUT2D eigenvalue weighted by molar-refractivity contribution is -0.384. The minimum atomic E-state index is -0.601. The van der Waals surface area contributed by atoms with E-state index in [0.29, 0.717) is 41.1 Å². The van der Waals surface area contributed by atoms with Gasteiger partial charge in [0.1, 0.15) is 12.2 Å². The quantitative estimate of drug-likeness (QED) is 0.163. The first-order chi connectivity index (χ1) is 16.0. The van der Waals surface area contributed by atoms with Crippen molar-refractivity contribution in [2.45, 2.75) is 13.3 Å². The lowest BCUT2D eigenvalue weighted by Crippen LogP contribution is -2.16. The van der Waals surface area contributed by atoms with Gasteiger partial charge in [-0.1, -0.05) is 12.0 Å². The van der Waals surface area contributed by atoms with Gasteiger partial charge in [0.25, 0.3) is 5.69 Å². The van der Waals surface area contributed by atoms with E-state index in [1.54, 1.807) is 12.1 Å². The van der Waals surface area contributed by atoms with Crippen molar-refractivity contribution in [1.82, 2.24) is 5.43 Å². The van der Waals surface area contributed by atoms with Crippen molar-refractivity contribution >= 4 is 28.8 Å². The van der Waals surface area contributed by atoms with E-state index in [1.165, 1.54) is 30.5 Å². The van der Waals surface area contributed by atoms with Gasteiger partial charge in [-0.15, -0.1) is 13.0 Å². The van der Waals surface area contributed by atoms with Gasteiger partial charge in [0, 0.05) is 23.1 Å². The van der Waals surface area contributed by atoms with Gasteiger partial charge in [0.05, 0.1) is 17.7 Å². The molecule has 0 saturated carbocycles. The van der Waals surface area contributed by atoms with E-state index in [-0.39, 0.29) is 18.1 Å². The molecular formula is C24H21N3O6. The fourth-order valence-electron chi connectivity index (χ4n) is 3.08. The van der Waals surface area contributed by atoms with Crippen LogP contribution in [0.4, 0.5) is 5.69 Å². The zero-order valence-corrected chi connectivity index (χ0v) is 17.9. The molecule has 0 atom stereocenters. The molecule has 0 unspecified atom stereocenters. The van der Waals surface area contributed by atoms with E-state index < -0.39 is 10.8 Å². The van der Waals surface area contributed by atoms with Gasteiger partial charge in [-0.05, 0) is 43.2 Å². The second-order valence-corrected chi connectivity index (χ2v) is 6.71. The highest BCUT2D eigenvalue weighted by molar-refractivity contribution is 5.97. The summed E-state index contributed by atoms with van der Waals surface area (Å²) < 4.78 is 16.8. The number of nitrogens with one attached hydrogen (secondary N) is 1. The Morgan fingerprint density at radius 2 is 2.15 bits per heavy atom. The molecule has 0 aliphatic carbocycles. The first kappa shape index (κ1) is 23.1. The Kier molecular flexibility index (Phi) is 7.44. The number of nitro groups is 1. The average Bonchev–Trinajstić information content (AvgIpc) is 3.22. The maximum absolute atomic E-state index is 12.4. The van der Waals surface area contributed by atoms with Gasteiger partial charge in [-0.25, -0.2) is 5.43 Å². The zero-order chi connectivity index (χ0) is 23.8. The number of hydrogen-bond donors (Lipinski definition) is 1. The number of nitro benzene ring substituents is 1. The molecule has 0 fully saturated rings. The first-order valence-electron chi connectivity index (χ1n) is 9.95. The molecule has 9 heteroatoms. The summed E-state index contributed by atoms with van der Waals surface area (Å²) in [6, 6.07) is 9.04. The smallest absolute Gasteiger partial charge is 0.307 e. The fraction of sp³-hybridized carbons (Fsp3) is 0.167. The largest absolute Gasteiger partial charge is 0.490 e. The number of carbonyl (C=O) groups is 1. The van der Waals surface area contributed by atoms with Gasteiger partial charge in [0.15, 0.2) is 17.3 Å². The number of hydrogen-bond acceptors (Lipinski definition) is 7. The van der Waals surface area contributed by atoms with Gasteiger partial charge < -0.3 is 13.9 Å². The van der Waals surface area contributed by atoms with E-state index in [9.17, 15) is 14.9 Å². The predicted octanol–water partition coefficient (Wildman–Crippen LogP) is 4.24. The number of nitrogens with zero attached hydrogens (tertiary/aromatic N) is 2. The van der Waals surface area contributed by atoms with Crippen molar-refractivity contribution in [2.75, 3.05) is 13.2 Å². The van der Waals surface area contributed by atoms with E-state index in [1.807, 2.05) is 13.0 Å². The number of fused-ring (bicyclic) bond motifs is 1. The number of furan rings is 1. The van der Waals surface area contributed by atoms with E-state index >= 15 is 0 Å². The number of ether oxygens (including phenoxy) is 2. The summed E-state index contributed by atoms with van der Waals surface area (Å²) in [4.78, 5) is 22.8. The number of hydrazone groups is 1. The van der Waals surface area contributed by atoms with Crippen LogP contribution in [0.15, 0.2) is 58.6 Å². The molecule has 1 amide bonds. The van der Waals surface area contributed by atoms with Crippen LogP contribution in [0.1, 0.15) is 28.6 Å². The minimum Gasteiger partial charge on any atom is -0.490 e. The molecule has 33 heavy (non-hydrogen) atoms. The third-order valence-electron chi connectivity index (χ3n) is 4.43. The first-order valence-corrected chi connectivity index (χ1v) is 9.95. The van der Waals surface area contributed by atoms with Crippen molar-refractivity contribution in [1.29, 1.82) is 0 Å². The number of rotatable bonds is 10. The summed E-state index contributed by atoms with van der Waals surface area (Å²) in [5.41, 5.74) is 4.10. The van der Waals surface area contributed by atoms with Crippen LogP contribution in [0.25, 0.3) is 11.0 Å². The van der Waals surface area contributed by atoms with E-state index in [2.05, 4.69) is 23.0 Å². The van der Waals surface area contributed by atoms with Gasteiger partial charge in [-0.2, -0.15) is 5.10 Å². The van der Waals surface area contributed by atoms with Crippen LogP contribution in [0, 0.1) is 22.5 Å². The van der Waals surface area contributed by atoms with Crippen LogP contribution in [-0.4, -0.2) is 30.3 Å². The van der Waals surface area contributed by atoms with E-state index in [0.717, 1.165) is 5.56 Å². The third-order valence-corrected chi connectivity index (χ3v) is 4.43. The second-order valence-electron chi connectivity index (χ2n) is 6.71.